The third-order valence-corrected chi connectivity index (χ3v) is 1.96. The second-order valence-corrected chi connectivity index (χ2v) is 3.52. The van der Waals surface area contributed by atoms with Gasteiger partial charge < -0.3 is 10.6 Å². The van der Waals surface area contributed by atoms with E-state index in [0.717, 1.165) is 0 Å². The van der Waals surface area contributed by atoms with Crippen molar-refractivity contribution in [1.82, 2.24) is 4.90 Å². The first kappa shape index (κ1) is 11.5. The summed E-state index contributed by atoms with van der Waals surface area (Å²) in [6.07, 6.45) is 1.76. The zero-order valence-corrected chi connectivity index (χ0v) is 9.10. The van der Waals surface area contributed by atoms with E-state index in [1.807, 2.05) is 37.2 Å². The van der Waals surface area contributed by atoms with Crippen LogP contribution in [0.5, 0.6) is 0 Å². The summed E-state index contributed by atoms with van der Waals surface area (Å²) in [5, 5.41) is 0. The van der Waals surface area contributed by atoms with E-state index in [1.165, 1.54) is 0 Å². The first-order valence-corrected chi connectivity index (χ1v) is 4.82. The van der Waals surface area contributed by atoms with Crippen LogP contribution in [-0.2, 0) is 0 Å². The Hall–Kier alpha value is -1.61. The molecular weight excluding hydrogens is 188 g/mol. The Bertz CT molecular complexity index is 355. The molecule has 0 aliphatic carbocycles. The van der Waals surface area contributed by atoms with Crippen LogP contribution in [0, 0.1) is 0 Å². The molecule has 2 N–H and O–H groups in total. The van der Waals surface area contributed by atoms with Crippen LogP contribution in [0.15, 0.2) is 42.1 Å². The SMILES string of the molecule is CN(C)/C=C(\CN)C(=O)c1ccccc1. The van der Waals surface area contributed by atoms with Crippen LogP contribution >= 0.6 is 0 Å². The monoisotopic (exact) mass is 204 g/mol. The second-order valence-electron chi connectivity index (χ2n) is 3.52. The summed E-state index contributed by atoms with van der Waals surface area (Å²) in [7, 11) is 3.74. The van der Waals surface area contributed by atoms with Crippen molar-refractivity contribution in [2.75, 3.05) is 20.6 Å². The lowest BCUT2D eigenvalue weighted by atomic mass is 10.0. The van der Waals surface area contributed by atoms with Gasteiger partial charge in [-0.3, -0.25) is 4.79 Å². The third kappa shape index (κ3) is 3.22. The van der Waals surface area contributed by atoms with Gasteiger partial charge in [-0.2, -0.15) is 0 Å². The quantitative estimate of drug-likeness (QED) is 0.593. The molecule has 0 aliphatic heterocycles. The largest absolute Gasteiger partial charge is 0.383 e. The molecule has 0 spiro atoms. The lowest BCUT2D eigenvalue weighted by Gasteiger charge is -2.09. The van der Waals surface area contributed by atoms with E-state index in [0.29, 0.717) is 11.1 Å². The predicted molar refractivity (Wildman–Crippen MR) is 61.6 cm³/mol. The Morgan fingerprint density at radius 1 is 1.33 bits per heavy atom. The van der Waals surface area contributed by atoms with Gasteiger partial charge in [0, 0.05) is 38.0 Å². The van der Waals surface area contributed by atoms with E-state index in [-0.39, 0.29) is 12.3 Å². The Morgan fingerprint density at radius 3 is 2.40 bits per heavy atom. The number of carbonyl (C=O) groups excluding carboxylic acids is 1. The van der Waals surface area contributed by atoms with Crippen molar-refractivity contribution in [3.63, 3.8) is 0 Å². The number of benzene rings is 1. The smallest absolute Gasteiger partial charge is 0.191 e. The molecule has 0 radical (unpaired) electrons. The van der Waals surface area contributed by atoms with E-state index >= 15 is 0 Å². The molecule has 15 heavy (non-hydrogen) atoms. The van der Waals surface area contributed by atoms with Crippen molar-refractivity contribution in [1.29, 1.82) is 0 Å². The number of hydrogen-bond donors (Lipinski definition) is 1. The molecule has 0 amide bonds. The number of rotatable bonds is 4. The van der Waals surface area contributed by atoms with Crippen LogP contribution in [0.3, 0.4) is 0 Å². The van der Waals surface area contributed by atoms with Gasteiger partial charge in [-0.15, -0.1) is 0 Å². The Kier molecular flexibility index (Phi) is 4.06. The zero-order valence-electron chi connectivity index (χ0n) is 9.10. The number of Topliss-reactive ketones (excluding diaryl/α,β-unsaturated/α-hetero) is 1. The Balaban J connectivity index is 2.93. The highest BCUT2D eigenvalue weighted by Gasteiger charge is 2.10. The van der Waals surface area contributed by atoms with Gasteiger partial charge >= 0.3 is 0 Å². The van der Waals surface area contributed by atoms with E-state index in [9.17, 15) is 4.79 Å². The molecule has 1 aromatic rings. The summed E-state index contributed by atoms with van der Waals surface area (Å²) in [4.78, 5) is 13.8. The molecule has 0 fully saturated rings. The fourth-order valence-electron chi connectivity index (χ4n) is 1.29. The highest BCUT2D eigenvalue weighted by Crippen LogP contribution is 2.07. The first-order valence-electron chi connectivity index (χ1n) is 4.82. The second kappa shape index (κ2) is 5.32. The molecule has 0 unspecified atom stereocenters. The standard InChI is InChI=1S/C12H16N2O/c1-14(2)9-11(8-13)12(15)10-6-4-3-5-7-10/h3-7,9H,8,13H2,1-2H3/b11-9+. The number of carbonyl (C=O) groups is 1. The molecule has 3 nitrogen and oxygen atoms in total. The molecule has 0 heterocycles. The van der Waals surface area contributed by atoms with Crippen LogP contribution < -0.4 is 5.73 Å². The molecule has 3 heteroatoms. The number of hydrogen-bond acceptors (Lipinski definition) is 3. The summed E-state index contributed by atoms with van der Waals surface area (Å²) >= 11 is 0. The molecule has 0 aromatic heterocycles. The van der Waals surface area contributed by atoms with Crippen LogP contribution in [0.2, 0.25) is 0 Å². The van der Waals surface area contributed by atoms with Crippen LogP contribution in [0.25, 0.3) is 0 Å². The van der Waals surface area contributed by atoms with Gasteiger partial charge in [-0.05, 0) is 0 Å². The minimum atomic E-state index is -0.00759. The van der Waals surface area contributed by atoms with Crippen molar-refractivity contribution in [3.8, 4) is 0 Å². The van der Waals surface area contributed by atoms with E-state index in [1.54, 1.807) is 18.3 Å². The van der Waals surface area contributed by atoms with Gasteiger partial charge in [0.2, 0.25) is 0 Å². The molecule has 0 bridgehead atoms. The maximum Gasteiger partial charge on any atom is 0.191 e. The maximum absolute atomic E-state index is 11.9. The number of nitrogens with two attached hydrogens (primary N) is 1. The summed E-state index contributed by atoms with van der Waals surface area (Å²) < 4.78 is 0. The Morgan fingerprint density at radius 2 is 1.93 bits per heavy atom. The summed E-state index contributed by atoms with van der Waals surface area (Å²) in [5.41, 5.74) is 6.84. The topological polar surface area (TPSA) is 46.3 Å². The molecule has 0 atom stereocenters. The summed E-state index contributed by atoms with van der Waals surface area (Å²) in [6, 6.07) is 9.16. The van der Waals surface area contributed by atoms with Gasteiger partial charge in [0.1, 0.15) is 0 Å². The molecule has 1 rings (SSSR count). The fraction of sp³-hybridized carbons (Fsp3) is 0.250. The van der Waals surface area contributed by atoms with Crippen molar-refractivity contribution in [3.05, 3.63) is 47.7 Å². The van der Waals surface area contributed by atoms with E-state index in [4.69, 9.17) is 5.73 Å². The Labute approximate surface area is 90.2 Å². The lowest BCUT2D eigenvalue weighted by molar-refractivity contribution is 0.103. The molecular formula is C12H16N2O. The third-order valence-electron chi connectivity index (χ3n) is 1.96. The number of ketones is 1. The molecule has 80 valence electrons. The molecule has 0 saturated heterocycles. The van der Waals surface area contributed by atoms with Crippen molar-refractivity contribution >= 4 is 5.78 Å². The lowest BCUT2D eigenvalue weighted by Crippen LogP contribution is -2.16. The predicted octanol–water partition coefficient (Wildman–Crippen LogP) is 1.27. The molecule has 1 aromatic carbocycles. The highest BCUT2D eigenvalue weighted by molar-refractivity contribution is 6.08. The van der Waals surface area contributed by atoms with Crippen molar-refractivity contribution in [2.45, 2.75) is 0 Å². The molecule has 0 saturated carbocycles. The van der Waals surface area contributed by atoms with Gasteiger partial charge in [0.25, 0.3) is 0 Å². The van der Waals surface area contributed by atoms with Gasteiger partial charge in [0.05, 0.1) is 0 Å². The maximum atomic E-state index is 11.9. The van der Waals surface area contributed by atoms with Gasteiger partial charge in [-0.1, -0.05) is 30.3 Å². The van der Waals surface area contributed by atoms with Crippen LogP contribution in [0.1, 0.15) is 10.4 Å². The van der Waals surface area contributed by atoms with Gasteiger partial charge in [-0.25, -0.2) is 0 Å². The van der Waals surface area contributed by atoms with Crippen LogP contribution in [-0.4, -0.2) is 31.3 Å². The summed E-state index contributed by atoms with van der Waals surface area (Å²) in [6.45, 7) is 0.256. The number of nitrogens with zero attached hydrogens (tertiary/aromatic N) is 1. The van der Waals surface area contributed by atoms with Crippen molar-refractivity contribution in [2.24, 2.45) is 5.73 Å². The highest BCUT2D eigenvalue weighted by atomic mass is 16.1. The average molecular weight is 204 g/mol. The minimum Gasteiger partial charge on any atom is -0.383 e. The van der Waals surface area contributed by atoms with Crippen molar-refractivity contribution < 1.29 is 4.79 Å². The summed E-state index contributed by atoms with van der Waals surface area (Å²) in [5.74, 6) is -0.00759. The first-order chi connectivity index (χ1) is 7.15. The fourth-order valence-corrected chi connectivity index (χ4v) is 1.29. The normalized spacial score (nSPS) is 11.3. The van der Waals surface area contributed by atoms with Gasteiger partial charge in [0.15, 0.2) is 5.78 Å². The zero-order chi connectivity index (χ0) is 11.3. The minimum absolute atomic E-state index is 0.00759. The van der Waals surface area contributed by atoms with E-state index in [2.05, 4.69) is 0 Å². The average Bonchev–Trinajstić information content (AvgIpc) is 2.26. The van der Waals surface area contributed by atoms with E-state index < -0.39 is 0 Å². The van der Waals surface area contributed by atoms with Crippen LogP contribution in [0.4, 0.5) is 0 Å². The molecule has 0 aliphatic rings.